The minimum Gasteiger partial charge on any atom is -0.477 e. The molecule has 3 heterocycles. The number of ether oxygens (including phenoxy) is 1. The number of nitrogens with one attached hydrogen (secondary N) is 1. The van der Waals surface area contributed by atoms with Crippen LogP contribution in [0.3, 0.4) is 0 Å². The summed E-state index contributed by atoms with van der Waals surface area (Å²) in [7, 11) is 0. The van der Waals surface area contributed by atoms with Crippen molar-refractivity contribution in [1.82, 2.24) is 10.2 Å². The van der Waals surface area contributed by atoms with Gasteiger partial charge in [0.05, 0.1) is 5.41 Å². The zero-order valence-corrected chi connectivity index (χ0v) is 19.4. The van der Waals surface area contributed by atoms with E-state index in [4.69, 9.17) is 4.74 Å². The van der Waals surface area contributed by atoms with Crippen LogP contribution in [0, 0.1) is 5.41 Å². The molecule has 4 aromatic rings. The molecule has 1 atom stereocenters. The molecule has 2 N–H and O–H groups in total. The van der Waals surface area contributed by atoms with Crippen LogP contribution in [0.2, 0.25) is 0 Å². The number of nitrogens with zero attached hydrogens (tertiary/aromatic N) is 2. The van der Waals surface area contributed by atoms with Gasteiger partial charge in [-0.3, -0.25) is 4.79 Å². The van der Waals surface area contributed by atoms with Crippen LogP contribution in [0.25, 0.3) is 10.4 Å². The molecular weight excluding hydrogens is 458 g/mol. The molecule has 0 saturated carbocycles. The molecule has 7 nitrogen and oxygen atoms in total. The Morgan fingerprint density at radius 1 is 1.06 bits per heavy atom. The second-order valence-corrected chi connectivity index (χ2v) is 10.1. The molecule has 0 saturated heterocycles. The Kier molecular flexibility index (Phi) is 5.22. The van der Waals surface area contributed by atoms with Crippen molar-refractivity contribution in [1.29, 1.82) is 0 Å². The van der Waals surface area contributed by atoms with Crippen molar-refractivity contribution in [2.75, 3.05) is 5.32 Å². The first-order valence-electron chi connectivity index (χ1n) is 10.2. The maximum Gasteiger partial charge on any atom is 0.345 e. The Balaban J connectivity index is 1.57. The van der Waals surface area contributed by atoms with Gasteiger partial charge in [0.2, 0.25) is 11.0 Å². The predicted molar refractivity (Wildman–Crippen MR) is 127 cm³/mol. The third-order valence-electron chi connectivity index (χ3n) is 5.76. The van der Waals surface area contributed by atoms with Gasteiger partial charge in [-0.1, -0.05) is 55.5 Å². The lowest BCUT2D eigenvalue weighted by molar-refractivity contribution is -0.124. The van der Waals surface area contributed by atoms with Crippen molar-refractivity contribution >= 4 is 39.7 Å². The molecule has 166 valence electrons. The van der Waals surface area contributed by atoms with E-state index in [-0.39, 0.29) is 16.7 Å². The summed E-state index contributed by atoms with van der Waals surface area (Å²) in [5, 5.41) is 20.3. The van der Waals surface area contributed by atoms with Crippen LogP contribution in [0.1, 0.15) is 40.6 Å². The second kappa shape index (κ2) is 8.09. The van der Waals surface area contributed by atoms with E-state index in [1.165, 1.54) is 22.7 Å². The van der Waals surface area contributed by atoms with Gasteiger partial charge in [-0.15, -0.1) is 21.5 Å². The van der Waals surface area contributed by atoms with Crippen molar-refractivity contribution in [2.45, 2.75) is 19.8 Å². The molecule has 0 bridgehead atoms. The Labute approximate surface area is 197 Å². The molecule has 0 aliphatic carbocycles. The van der Waals surface area contributed by atoms with Crippen LogP contribution in [0.5, 0.6) is 11.5 Å². The van der Waals surface area contributed by atoms with E-state index in [2.05, 4.69) is 15.5 Å². The van der Waals surface area contributed by atoms with Crippen LogP contribution >= 0.6 is 22.7 Å². The third kappa shape index (κ3) is 3.79. The molecule has 33 heavy (non-hydrogen) atoms. The summed E-state index contributed by atoms with van der Waals surface area (Å²) in [4.78, 5) is 25.7. The average molecular weight is 478 g/mol. The Morgan fingerprint density at radius 2 is 1.85 bits per heavy atom. The first-order chi connectivity index (χ1) is 15.8. The van der Waals surface area contributed by atoms with Crippen molar-refractivity contribution < 1.29 is 19.4 Å². The summed E-state index contributed by atoms with van der Waals surface area (Å²) in [6.07, 6.45) is 0. The van der Waals surface area contributed by atoms with E-state index in [1.54, 1.807) is 17.6 Å². The van der Waals surface area contributed by atoms with E-state index in [0.29, 0.717) is 16.6 Å². The molecule has 0 spiro atoms. The summed E-state index contributed by atoms with van der Waals surface area (Å²) in [6.45, 7) is 3.82. The number of carbonyl (C=O) groups excluding carboxylic acids is 1. The summed E-state index contributed by atoms with van der Waals surface area (Å²) in [5.41, 5.74) is 3.43. The van der Waals surface area contributed by atoms with E-state index >= 15 is 0 Å². The topological polar surface area (TPSA) is 101 Å². The van der Waals surface area contributed by atoms with E-state index < -0.39 is 11.4 Å². The normalized spacial score (nSPS) is 14.7. The van der Waals surface area contributed by atoms with Gasteiger partial charge in [-0.25, -0.2) is 4.79 Å². The lowest BCUT2D eigenvalue weighted by Gasteiger charge is -2.38. The van der Waals surface area contributed by atoms with Gasteiger partial charge >= 0.3 is 5.97 Å². The molecule has 9 heteroatoms. The number of amides is 1. The monoisotopic (exact) mass is 477 g/mol. The van der Waals surface area contributed by atoms with E-state index in [0.717, 1.165) is 21.6 Å². The molecule has 1 unspecified atom stereocenters. The number of thiophene rings is 1. The van der Waals surface area contributed by atoms with Crippen LogP contribution in [0.4, 0.5) is 5.13 Å². The van der Waals surface area contributed by atoms with Crippen LogP contribution in [0.15, 0.2) is 60.1 Å². The fourth-order valence-electron chi connectivity index (χ4n) is 4.11. The SMILES string of the molecule is CC(C)(C(=O)Nc1nncs1)C1c2ccccc2Oc2cc(-c3ccc(C(=O)O)s3)ccc21. The summed E-state index contributed by atoms with van der Waals surface area (Å²) >= 11 is 2.48. The number of carboxylic acid groups (broad SMARTS) is 1. The van der Waals surface area contributed by atoms with Gasteiger partial charge in [0.1, 0.15) is 21.9 Å². The number of aromatic nitrogens is 2. The lowest BCUT2D eigenvalue weighted by Crippen LogP contribution is -2.38. The summed E-state index contributed by atoms with van der Waals surface area (Å²) < 4.78 is 6.24. The number of hydrogen-bond donors (Lipinski definition) is 2. The molecule has 1 aliphatic heterocycles. The van der Waals surface area contributed by atoms with Crippen molar-refractivity contribution in [3.63, 3.8) is 0 Å². The molecule has 2 aromatic carbocycles. The number of hydrogen-bond acceptors (Lipinski definition) is 7. The number of carboxylic acids is 1. The Hall–Kier alpha value is -3.56. The number of carbonyl (C=O) groups is 2. The fourth-order valence-corrected chi connectivity index (χ4v) is 5.40. The average Bonchev–Trinajstić information content (AvgIpc) is 3.49. The van der Waals surface area contributed by atoms with Gasteiger partial charge in [0, 0.05) is 21.9 Å². The third-order valence-corrected chi connectivity index (χ3v) is 7.49. The zero-order valence-electron chi connectivity index (χ0n) is 17.7. The van der Waals surface area contributed by atoms with Crippen LogP contribution in [-0.2, 0) is 4.79 Å². The Morgan fingerprint density at radius 3 is 2.58 bits per heavy atom. The lowest BCUT2D eigenvalue weighted by atomic mass is 9.69. The zero-order chi connectivity index (χ0) is 23.2. The van der Waals surface area contributed by atoms with Crippen molar-refractivity contribution in [2.24, 2.45) is 5.41 Å². The minimum atomic E-state index is -0.947. The molecular formula is C24H19N3O4S2. The van der Waals surface area contributed by atoms with Gasteiger partial charge in [0.15, 0.2) is 0 Å². The van der Waals surface area contributed by atoms with E-state index in [9.17, 15) is 14.7 Å². The largest absolute Gasteiger partial charge is 0.477 e. The van der Waals surface area contributed by atoms with Crippen LogP contribution in [-0.4, -0.2) is 27.2 Å². The highest BCUT2D eigenvalue weighted by atomic mass is 32.1. The second-order valence-electron chi connectivity index (χ2n) is 8.21. The number of fused-ring (bicyclic) bond motifs is 2. The van der Waals surface area contributed by atoms with Crippen molar-refractivity contribution in [3.8, 4) is 21.9 Å². The van der Waals surface area contributed by atoms with Gasteiger partial charge in [-0.2, -0.15) is 0 Å². The molecule has 0 radical (unpaired) electrons. The number of rotatable bonds is 5. The van der Waals surface area contributed by atoms with Gasteiger partial charge < -0.3 is 15.2 Å². The Bertz CT molecular complexity index is 1360. The maximum atomic E-state index is 13.3. The standard InChI is InChI=1S/C24H19N3O4S2/c1-24(2,22(30)26-23-27-25-12-32-23)20-14-5-3-4-6-16(14)31-17-11-13(7-8-15(17)20)18-9-10-19(33-18)21(28)29/h3-12,20H,1-2H3,(H,28,29)(H,26,27,30). The molecule has 0 fully saturated rings. The van der Waals surface area contributed by atoms with Crippen LogP contribution < -0.4 is 10.1 Å². The van der Waals surface area contributed by atoms with Gasteiger partial charge in [0.25, 0.3) is 0 Å². The summed E-state index contributed by atoms with van der Waals surface area (Å²) in [6, 6.07) is 16.9. The number of para-hydroxylation sites is 1. The van der Waals surface area contributed by atoms with Gasteiger partial charge in [-0.05, 0) is 29.8 Å². The first-order valence-corrected chi connectivity index (χ1v) is 11.9. The number of aromatic carboxylic acids is 1. The smallest absolute Gasteiger partial charge is 0.345 e. The highest BCUT2D eigenvalue weighted by Crippen LogP contribution is 2.53. The minimum absolute atomic E-state index is 0.166. The quantitative estimate of drug-likeness (QED) is 0.373. The fraction of sp³-hybridized carbons (Fsp3) is 0.167. The molecule has 1 aliphatic rings. The number of anilines is 1. The number of benzene rings is 2. The highest BCUT2D eigenvalue weighted by Gasteiger charge is 2.43. The molecule has 5 rings (SSSR count). The van der Waals surface area contributed by atoms with Crippen molar-refractivity contribution in [3.05, 3.63) is 76.1 Å². The maximum absolute atomic E-state index is 13.3. The summed E-state index contributed by atoms with van der Waals surface area (Å²) in [5.74, 6) is -0.0325. The highest BCUT2D eigenvalue weighted by molar-refractivity contribution is 7.17. The molecule has 1 amide bonds. The predicted octanol–water partition coefficient (Wildman–Crippen LogP) is 5.87. The van der Waals surface area contributed by atoms with E-state index in [1.807, 2.05) is 56.3 Å². The first kappa shape index (κ1) is 21.3. The molecule has 2 aromatic heterocycles.